The number of nitrogen functional groups attached to an aromatic ring is 1. The molecule has 2 heterocycles. The first-order valence-electron chi connectivity index (χ1n) is 8.31. The number of nitrogens with two attached hydrogens (primary N) is 1. The number of aromatic nitrogens is 5. The number of hydrazine groups is 1. The molecule has 0 radical (unpaired) electrons. The molecule has 3 aromatic rings. The lowest BCUT2D eigenvalue weighted by Crippen LogP contribution is -2.36. The van der Waals surface area contributed by atoms with Crippen LogP contribution in [0.5, 0.6) is 0 Å². The van der Waals surface area contributed by atoms with Crippen LogP contribution in [0.1, 0.15) is 31.3 Å². The van der Waals surface area contributed by atoms with Crippen LogP contribution in [0.3, 0.4) is 0 Å². The molecule has 0 bridgehead atoms. The third-order valence-electron chi connectivity index (χ3n) is 3.59. The molecule has 0 atom stereocenters. The molecule has 0 unspecified atom stereocenters. The van der Waals surface area contributed by atoms with Gasteiger partial charge in [0.2, 0.25) is 11.6 Å². The van der Waals surface area contributed by atoms with Crippen molar-refractivity contribution in [2.24, 2.45) is 5.92 Å². The SMILES string of the molecule is CC(=CC(C)C)NNC(=O)c1nnn(-c2nonc2N)c1-c1ccccc1. The second-order valence-corrected chi connectivity index (χ2v) is 6.21. The van der Waals surface area contributed by atoms with E-state index >= 15 is 0 Å². The molecule has 0 aliphatic carbocycles. The number of nitrogens with zero attached hydrogens (tertiary/aromatic N) is 5. The van der Waals surface area contributed by atoms with Crippen molar-refractivity contribution in [1.82, 2.24) is 36.2 Å². The minimum atomic E-state index is -0.452. The van der Waals surface area contributed by atoms with E-state index in [-0.39, 0.29) is 17.3 Å². The van der Waals surface area contributed by atoms with Crippen molar-refractivity contribution in [1.29, 1.82) is 0 Å². The fraction of sp³-hybridized carbons (Fsp3) is 0.235. The topological polar surface area (TPSA) is 137 Å². The highest BCUT2D eigenvalue weighted by Gasteiger charge is 2.25. The van der Waals surface area contributed by atoms with E-state index in [1.165, 1.54) is 4.68 Å². The summed E-state index contributed by atoms with van der Waals surface area (Å²) < 4.78 is 5.97. The first-order valence-corrected chi connectivity index (χ1v) is 8.31. The van der Waals surface area contributed by atoms with Gasteiger partial charge in [-0.15, -0.1) is 5.10 Å². The Morgan fingerprint density at radius 3 is 2.59 bits per heavy atom. The molecule has 4 N–H and O–H groups in total. The van der Waals surface area contributed by atoms with Gasteiger partial charge in [-0.25, -0.2) is 4.63 Å². The molecule has 27 heavy (non-hydrogen) atoms. The molecule has 1 aromatic carbocycles. The molecule has 0 saturated carbocycles. The Balaban J connectivity index is 1.97. The molecule has 3 rings (SSSR count). The molecular weight excluding hydrogens is 348 g/mol. The average Bonchev–Trinajstić information content (AvgIpc) is 3.25. The van der Waals surface area contributed by atoms with Crippen LogP contribution in [0.15, 0.2) is 46.7 Å². The summed E-state index contributed by atoms with van der Waals surface area (Å²) in [6.45, 7) is 5.95. The second-order valence-electron chi connectivity index (χ2n) is 6.21. The summed E-state index contributed by atoms with van der Waals surface area (Å²) in [4.78, 5) is 12.7. The van der Waals surface area contributed by atoms with Crippen LogP contribution in [0.2, 0.25) is 0 Å². The van der Waals surface area contributed by atoms with Gasteiger partial charge in [-0.3, -0.25) is 10.2 Å². The zero-order valence-corrected chi connectivity index (χ0v) is 15.2. The molecule has 0 aliphatic heterocycles. The van der Waals surface area contributed by atoms with E-state index in [1.807, 2.05) is 57.2 Å². The van der Waals surface area contributed by atoms with E-state index in [9.17, 15) is 4.79 Å². The molecule has 140 valence electrons. The number of benzene rings is 1. The summed E-state index contributed by atoms with van der Waals surface area (Å²) in [6.07, 6.45) is 1.98. The smallest absolute Gasteiger partial charge is 0.292 e. The molecule has 0 fully saturated rings. The van der Waals surface area contributed by atoms with Crippen LogP contribution in [0.4, 0.5) is 5.82 Å². The number of rotatable bonds is 6. The van der Waals surface area contributed by atoms with Crippen LogP contribution in [0, 0.1) is 5.92 Å². The number of hydrogen-bond acceptors (Lipinski definition) is 8. The van der Waals surface area contributed by atoms with Crippen LogP contribution in [0.25, 0.3) is 17.1 Å². The fourth-order valence-electron chi connectivity index (χ4n) is 2.53. The normalized spacial score (nSPS) is 11.6. The molecule has 2 aromatic heterocycles. The van der Waals surface area contributed by atoms with Gasteiger partial charge in [0.1, 0.15) is 5.69 Å². The third kappa shape index (κ3) is 3.94. The van der Waals surface area contributed by atoms with Gasteiger partial charge in [0.05, 0.1) is 0 Å². The van der Waals surface area contributed by atoms with Gasteiger partial charge in [0, 0.05) is 11.3 Å². The number of hydrogen-bond donors (Lipinski definition) is 3. The predicted octanol–water partition coefficient (Wildman–Crippen LogP) is 1.69. The number of amides is 1. The van der Waals surface area contributed by atoms with E-state index < -0.39 is 5.91 Å². The lowest BCUT2D eigenvalue weighted by Gasteiger charge is -2.10. The van der Waals surface area contributed by atoms with Gasteiger partial charge in [0.15, 0.2) is 5.69 Å². The Labute approximate surface area is 155 Å². The van der Waals surface area contributed by atoms with Crippen molar-refractivity contribution in [2.45, 2.75) is 20.8 Å². The summed E-state index contributed by atoms with van der Waals surface area (Å²) in [5.74, 6) is 0.0894. The molecule has 10 heteroatoms. The Bertz CT molecular complexity index is 958. The van der Waals surface area contributed by atoms with Crippen molar-refractivity contribution in [3.05, 3.63) is 47.8 Å². The Morgan fingerprint density at radius 1 is 1.22 bits per heavy atom. The summed E-state index contributed by atoms with van der Waals surface area (Å²) in [5.41, 5.74) is 13.3. The first kappa shape index (κ1) is 18.1. The summed E-state index contributed by atoms with van der Waals surface area (Å²) >= 11 is 0. The van der Waals surface area contributed by atoms with Gasteiger partial charge in [-0.2, -0.15) is 4.68 Å². The van der Waals surface area contributed by atoms with Crippen LogP contribution in [-0.2, 0) is 0 Å². The third-order valence-corrected chi connectivity index (χ3v) is 3.59. The van der Waals surface area contributed by atoms with Crippen molar-refractivity contribution < 1.29 is 9.42 Å². The highest BCUT2D eigenvalue weighted by atomic mass is 16.6. The number of nitrogens with one attached hydrogen (secondary N) is 2. The van der Waals surface area contributed by atoms with Crippen molar-refractivity contribution in [3.63, 3.8) is 0 Å². The lowest BCUT2D eigenvalue weighted by atomic mass is 10.1. The van der Waals surface area contributed by atoms with E-state index in [2.05, 4.69) is 36.1 Å². The van der Waals surface area contributed by atoms with E-state index in [0.717, 1.165) is 5.70 Å². The highest BCUT2D eigenvalue weighted by Crippen LogP contribution is 2.26. The maximum atomic E-state index is 12.7. The summed E-state index contributed by atoms with van der Waals surface area (Å²) in [5, 5.41) is 15.3. The largest absolute Gasteiger partial charge is 0.378 e. The monoisotopic (exact) mass is 368 g/mol. The van der Waals surface area contributed by atoms with Gasteiger partial charge >= 0.3 is 0 Å². The maximum Gasteiger partial charge on any atom is 0.292 e. The fourth-order valence-corrected chi connectivity index (χ4v) is 2.53. The van der Waals surface area contributed by atoms with Crippen molar-refractivity contribution >= 4 is 11.7 Å². The number of carbonyl (C=O) groups is 1. The molecule has 1 amide bonds. The minimum absolute atomic E-state index is 0.0397. The maximum absolute atomic E-state index is 12.7. The number of allylic oxidation sites excluding steroid dienone is 2. The van der Waals surface area contributed by atoms with Gasteiger partial charge in [-0.1, -0.05) is 55.5 Å². The van der Waals surface area contributed by atoms with Gasteiger partial charge in [0.25, 0.3) is 5.91 Å². The number of carbonyl (C=O) groups excluding carboxylic acids is 1. The lowest BCUT2D eigenvalue weighted by molar-refractivity contribution is 0.0934. The van der Waals surface area contributed by atoms with Gasteiger partial charge < -0.3 is 11.2 Å². The first-order chi connectivity index (χ1) is 13.0. The summed E-state index contributed by atoms with van der Waals surface area (Å²) in [6, 6.07) is 9.20. The molecule has 0 aliphatic rings. The van der Waals surface area contributed by atoms with Gasteiger partial charge in [-0.05, 0) is 23.2 Å². The standard InChI is InChI=1S/C17H20N8O2/c1-10(2)9-11(3)19-21-17(26)13-14(12-7-5-4-6-8-12)25(24-20-13)16-15(18)22-27-23-16/h4-10,19H,1-3H3,(H2,18,22)(H,21,26). The predicted molar refractivity (Wildman–Crippen MR) is 98.3 cm³/mol. The highest BCUT2D eigenvalue weighted by molar-refractivity contribution is 5.98. The zero-order chi connectivity index (χ0) is 19.4. The van der Waals surface area contributed by atoms with Crippen LogP contribution < -0.4 is 16.6 Å². The Morgan fingerprint density at radius 2 is 1.96 bits per heavy atom. The second kappa shape index (κ2) is 7.68. The Hall–Kier alpha value is -3.69. The molecule has 0 saturated heterocycles. The summed E-state index contributed by atoms with van der Waals surface area (Å²) in [7, 11) is 0. The minimum Gasteiger partial charge on any atom is -0.378 e. The van der Waals surface area contributed by atoms with E-state index in [4.69, 9.17) is 5.73 Å². The van der Waals surface area contributed by atoms with Crippen molar-refractivity contribution in [2.75, 3.05) is 5.73 Å². The molecule has 10 nitrogen and oxygen atoms in total. The zero-order valence-electron chi connectivity index (χ0n) is 15.2. The van der Waals surface area contributed by atoms with Crippen LogP contribution >= 0.6 is 0 Å². The molecular formula is C17H20N8O2. The number of anilines is 1. The molecule has 0 spiro atoms. The quantitative estimate of drug-likeness (QED) is 0.559. The van der Waals surface area contributed by atoms with E-state index in [0.29, 0.717) is 17.2 Å². The Kier molecular flexibility index (Phi) is 5.15. The van der Waals surface area contributed by atoms with E-state index in [1.54, 1.807) is 0 Å². The van der Waals surface area contributed by atoms with Crippen LogP contribution in [-0.4, -0.2) is 31.2 Å². The average molecular weight is 368 g/mol. The van der Waals surface area contributed by atoms with Crippen molar-refractivity contribution in [3.8, 4) is 17.1 Å².